The molecule has 1 atom stereocenters. The highest BCUT2D eigenvalue weighted by atomic mass is 16.2. The predicted octanol–water partition coefficient (Wildman–Crippen LogP) is 1.38. The van der Waals surface area contributed by atoms with Crippen LogP contribution in [0.1, 0.15) is 51.4 Å². The summed E-state index contributed by atoms with van der Waals surface area (Å²) in [7, 11) is 0. The molecule has 0 saturated carbocycles. The van der Waals surface area contributed by atoms with E-state index in [2.05, 4.69) is 10.2 Å². The number of fused-ring (bicyclic) bond motifs is 3. The lowest BCUT2D eigenvalue weighted by Gasteiger charge is -2.44. The molecule has 22 heavy (non-hydrogen) atoms. The Kier molecular flexibility index (Phi) is 5.34. The lowest BCUT2D eigenvalue weighted by atomic mass is 9.84. The summed E-state index contributed by atoms with van der Waals surface area (Å²) in [6, 6.07) is 0.341. The molecule has 4 fully saturated rings. The molecule has 0 aromatic rings. The van der Waals surface area contributed by atoms with Crippen LogP contribution in [0.2, 0.25) is 0 Å². The number of amides is 2. The Morgan fingerprint density at radius 3 is 2.32 bits per heavy atom. The summed E-state index contributed by atoms with van der Waals surface area (Å²) in [6.07, 6.45) is 7.64. The van der Waals surface area contributed by atoms with E-state index in [9.17, 15) is 9.59 Å². The van der Waals surface area contributed by atoms with Crippen molar-refractivity contribution in [2.45, 2.75) is 57.4 Å². The van der Waals surface area contributed by atoms with Gasteiger partial charge >= 0.3 is 0 Å². The molecule has 2 amide bonds. The number of rotatable bonds is 5. The van der Waals surface area contributed by atoms with E-state index in [4.69, 9.17) is 0 Å². The molecule has 2 bridgehead atoms. The first kappa shape index (κ1) is 15.8. The van der Waals surface area contributed by atoms with Crippen LogP contribution in [-0.4, -0.2) is 60.4 Å². The van der Waals surface area contributed by atoms with E-state index >= 15 is 0 Å². The summed E-state index contributed by atoms with van der Waals surface area (Å²) in [5, 5.41) is 3.20. The summed E-state index contributed by atoms with van der Waals surface area (Å²) in [4.78, 5) is 28.6. The first-order chi connectivity index (χ1) is 10.7. The molecule has 0 aliphatic carbocycles. The summed E-state index contributed by atoms with van der Waals surface area (Å²) >= 11 is 0. The molecule has 0 spiro atoms. The van der Waals surface area contributed by atoms with Crippen molar-refractivity contribution in [1.82, 2.24) is 15.1 Å². The van der Waals surface area contributed by atoms with Gasteiger partial charge in [0.15, 0.2) is 0 Å². The topological polar surface area (TPSA) is 52.7 Å². The predicted molar refractivity (Wildman–Crippen MR) is 85.4 cm³/mol. The standard InChI is InChI=1S/C17H29N3O2/c21-16(18-15-13-19-11-7-14(15)8-12-19)5-4-6-17(22)20-9-2-1-3-10-20/h14-15H,1-13H2,(H,18,21). The van der Waals surface area contributed by atoms with Crippen LogP contribution in [-0.2, 0) is 9.59 Å². The fraction of sp³-hybridized carbons (Fsp3) is 0.882. The molecule has 4 saturated heterocycles. The van der Waals surface area contributed by atoms with E-state index in [0.29, 0.717) is 31.2 Å². The Morgan fingerprint density at radius 1 is 0.955 bits per heavy atom. The van der Waals surface area contributed by atoms with Gasteiger partial charge in [-0.2, -0.15) is 0 Å². The van der Waals surface area contributed by atoms with Crippen molar-refractivity contribution < 1.29 is 9.59 Å². The molecule has 1 unspecified atom stereocenters. The number of likely N-dealkylation sites (tertiary alicyclic amines) is 1. The Hall–Kier alpha value is -1.10. The Bertz CT molecular complexity index is 399. The number of hydrogen-bond donors (Lipinski definition) is 1. The number of nitrogens with one attached hydrogen (secondary N) is 1. The van der Waals surface area contributed by atoms with Crippen LogP contribution in [0.5, 0.6) is 0 Å². The first-order valence-corrected chi connectivity index (χ1v) is 9.02. The summed E-state index contributed by atoms with van der Waals surface area (Å²) in [5.41, 5.74) is 0. The first-order valence-electron chi connectivity index (χ1n) is 9.02. The van der Waals surface area contributed by atoms with Gasteiger partial charge in [-0.25, -0.2) is 0 Å². The highest BCUT2D eigenvalue weighted by Crippen LogP contribution is 2.27. The van der Waals surface area contributed by atoms with Gasteiger partial charge < -0.3 is 15.1 Å². The lowest BCUT2D eigenvalue weighted by molar-refractivity contribution is -0.132. The molecule has 4 heterocycles. The van der Waals surface area contributed by atoms with Gasteiger partial charge in [-0.1, -0.05) is 0 Å². The quantitative estimate of drug-likeness (QED) is 0.835. The molecular formula is C17H29N3O2. The van der Waals surface area contributed by atoms with Crippen LogP contribution in [0.3, 0.4) is 0 Å². The Balaban J connectivity index is 1.33. The zero-order valence-corrected chi connectivity index (χ0v) is 13.6. The van der Waals surface area contributed by atoms with Crippen molar-refractivity contribution in [3.8, 4) is 0 Å². The number of carbonyl (C=O) groups excluding carboxylic acids is 2. The van der Waals surface area contributed by atoms with Crippen LogP contribution in [0.15, 0.2) is 0 Å². The van der Waals surface area contributed by atoms with Gasteiger partial charge in [0.2, 0.25) is 11.8 Å². The van der Waals surface area contributed by atoms with E-state index < -0.39 is 0 Å². The van der Waals surface area contributed by atoms with Crippen molar-refractivity contribution in [1.29, 1.82) is 0 Å². The minimum Gasteiger partial charge on any atom is -0.352 e. The lowest BCUT2D eigenvalue weighted by Crippen LogP contribution is -2.57. The van der Waals surface area contributed by atoms with Crippen LogP contribution in [0.25, 0.3) is 0 Å². The zero-order valence-electron chi connectivity index (χ0n) is 13.6. The van der Waals surface area contributed by atoms with E-state index in [0.717, 1.165) is 32.5 Å². The second-order valence-electron chi connectivity index (χ2n) is 7.11. The molecule has 4 aliphatic rings. The van der Waals surface area contributed by atoms with E-state index in [1.165, 1.54) is 32.4 Å². The van der Waals surface area contributed by atoms with Crippen molar-refractivity contribution in [2.24, 2.45) is 5.92 Å². The molecule has 5 nitrogen and oxygen atoms in total. The average molecular weight is 307 g/mol. The molecule has 0 aromatic heterocycles. The molecular weight excluding hydrogens is 278 g/mol. The zero-order chi connectivity index (χ0) is 15.4. The van der Waals surface area contributed by atoms with E-state index in [1.807, 2.05) is 4.90 Å². The molecule has 4 aliphatic heterocycles. The maximum absolute atomic E-state index is 12.1. The summed E-state index contributed by atoms with van der Waals surface area (Å²) in [6.45, 7) is 5.22. The monoisotopic (exact) mass is 307 g/mol. The maximum atomic E-state index is 12.1. The summed E-state index contributed by atoms with van der Waals surface area (Å²) < 4.78 is 0. The normalized spacial score (nSPS) is 31.1. The van der Waals surface area contributed by atoms with Crippen molar-refractivity contribution in [3.05, 3.63) is 0 Å². The fourth-order valence-corrected chi connectivity index (χ4v) is 4.11. The number of piperidine rings is 4. The van der Waals surface area contributed by atoms with Gasteiger partial charge in [-0.15, -0.1) is 0 Å². The van der Waals surface area contributed by atoms with Gasteiger partial charge in [-0.05, 0) is 57.5 Å². The maximum Gasteiger partial charge on any atom is 0.222 e. The largest absolute Gasteiger partial charge is 0.352 e. The SMILES string of the molecule is O=C(CCCC(=O)N1CCCCC1)NC1CN2CCC1CC2. The summed E-state index contributed by atoms with van der Waals surface area (Å²) in [5.74, 6) is 1.03. The molecule has 1 N–H and O–H groups in total. The van der Waals surface area contributed by atoms with Gasteiger partial charge in [0.25, 0.3) is 0 Å². The van der Waals surface area contributed by atoms with Gasteiger partial charge in [0.05, 0.1) is 0 Å². The third kappa shape index (κ3) is 4.00. The minimum atomic E-state index is 0.130. The molecule has 0 radical (unpaired) electrons. The van der Waals surface area contributed by atoms with Crippen LogP contribution >= 0.6 is 0 Å². The number of nitrogens with zero attached hydrogens (tertiary/aromatic N) is 2. The fourth-order valence-electron chi connectivity index (χ4n) is 4.11. The van der Waals surface area contributed by atoms with Crippen molar-refractivity contribution in [3.63, 3.8) is 0 Å². The smallest absolute Gasteiger partial charge is 0.222 e. The van der Waals surface area contributed by atoms with Gasteiger partial charge in [-0.3, -0.25) is 9.59 Å². The van der Waals surface area contributed by atoms with Crippen LogP contribution in [0, 0.1) is 5.92 Å². The second kappa shape index (κ2) is 7.44. The third-order valence-corrected chi connectivity index (χ3v) is 5.51. The van der Waals surface area contributed by atoms with Gasteiger partial charge in [0, 0.05) is 38.5 Å². The number of carbonyl (C=O) groups is 2. The van der Waals surface area contributed by atoms with Crippen molar-refractivity contribution >= 4 is 11.8 Å². The number of hydrogen-bond acceptors (Lipinski definition) is 3. The average Bonchev–Trinajstić information content (AvgIpc) is 2.56. The van der Waals surface area contributed by atoms with Crippen LogP contribution in [0.4, 0.5) is 0 Å². The van der Waals surface area contributed by atoms with E-state index in [1.54, 1.807) is 0 Å². The molecule has 0 aromatic carbocycles. The Morgan fingerprint density at radius 2 is 1.68 bits per heavy atom. The molecule has 5 heteroatoms. The molecule has 4 rings (SSSR count). The van der Waals surface area contributed by atoms with Gasteiger partial charge in [0.1, 0.15) is 0 Å². The van der Waals surface area contributed by atoms with Crippen LogP contribution < -0.4 is 5.32 Å². The second-order valence-corrected chi connectivity index (χ2v) is 7.11. The highest BCUT2D eigenvalue weighted by molar-refractivity contribution is 5.79. The highest BCUT2D eigenvalue weighted by Gasteiger charge is 2.34. The third-order valence-electron chi connectivity index (χ3n) is 5.51. The van der Waals surface area contributed by atoms with Crippen molar-refractivity contribution in [2.75, 3.05) is 32.7 Å². The minimum absolute atomic E-state index is 0.130. The Labute approximate surface area is 133 Å². The molecule has 124 valence electrons. The van der Waals surface area contributed by atoms with E-state index in [-0.39, 0.29) is 11.8 Å².